The number of anilines is 1. The summed E-state index contributed by atoms with van der Waals surface area (Å²) in [6.07, 6.45) is 0.733. The number of carbonyl (C=O) groups excluding carboxylic acids is 1. The Morgan fingerprint density at radius 1 is 1.32 bits per heavy atom. The zero-order valence-electron chi connectivity index (χ0n) is 12.3. The van der Waals surface area contributed by atoms with Gasteiger partial charge in [-0.1, -0.05) is 25.1 Å². The monoisotopic (exact) mass is 313 g/mol. The maximum atomic E-state index is 12.7. The standard InChI is InChI=1S/C16H15N3O2S/c1-3-12-9-22-16-17-10(2)13(15(21)19(12)16)18-14(20)11-7-5-4-6-8-11/h4-9H,3H2,1-2H3,(H,18,20). The molecule has 0 unspecified atom stereocenters. The highest BCUT2D eigenvalue weighted by Gasteiger charge is 2.16. The molecule has 5 nitrogen and oxygen atoms in total. The molecular weight excluding hydrogens is 298 g/mol. The van der Waals surface area contributed by atoms with E-state index >= 15 is 0 Å². The highest BCUT2D eigenvalue weighted by Crippen LogP contribution is 2.17. The Labute approximate surface area is 131 Å². The van der Waals surface area contributed by atoms with E-state index < -0.39 is 0 Å². The summed E-state index contributed by atoms with van der Waals surface area (Å²) in [6, 6.07) is 8.81. The molecule has 1 aromatic carbocycles. The first-order valence-corrected chi connectivity index (χ1v) is 7.86. The second kappa shape index (κ2) is 5.73. The predicted octanol–water partition coefficient (Wildman–Crippen LogP) is 2.88. The number of amides is 1. The summed E-state index contributed by atoms with van der Waals surface area (Å²) in [4.78, 5) is 30.0. The second-order valence-electron chi connectivity index (χ2n) is 4.90. The maximum Gasteiger partial charge on any atom is 0.282 e. The fraction of sp³-hybridized carbons (Fsp3) is 0.188. The van der Waals surface area contributed by atoms with Crippen LogP contribution in [0.1, 0.15) is 28.7 Å². The summed E-state index contributed by atoms with van der Waals surface area (Å²) in [7, 11) is 0. The molecule has 112 valence electrons. The van der Waals surface area contributed by atoms with Crippen LogP contribution in [-0.4, -0.2) is 15.3 Å². The molecule has 0 aliphatic heterocycles. The molecule has 1 N–H and O–H groups in total. The first kappa shape index (κ1) is 14.5. The molecule has 0 atom stereocenters. The van der Waals surface area contributed by atoms with E-state index in [1.54, 1.807) is 35.6 Å². The van der Waals surface area contributed by atoms with Gasteiger partial charge in [0.1, 0.15) is 5.69 Å². The molecule has 2 heterocycles. The average Bonchev–Trinajstić information content (AvgIpc) is 2.95. The van der Waals surface area contributed by atoms with Gasteiger partial charge in [0.2, 0.25) is 0 Å². The van der Waals surface area contributed by atoms with Gasteiger partial charge in [0.25, 0.3) is 11.5 Å². The number of nitrogens with one attached hydrogen (secondary N) is 1. The van der Waals surface area contributed by atoms with Crippen molar-refractivity contribution >= 4 is 27.9 Å². The third-order valence-electron chi connectivity index (χ3n) is 3.46. The molecule has 22 heavy (non-hydrogen) atoms. The molecule has 0 aliphatic carbocycles. The van der Waals surface area contributed by atoms with Gasteiger partial charge < -0.3 is 5.32 Å². The molecule has 3 aromatic rings. The van der Waals surface area contributed by atoms with Crippen LogP contribution in [0, 0.1) is 6.92 Å². The van der Waals surface area contributed by atoms with Crippen molar-refractivity contribution in [3.63, 3.8) is 0 Å². The third-order valence-corrected chi connectivity index (χ3v) is 4.33. The van der Waals surface area contributed by atoms with Gasteiger partial charge in [-0.25, -0.2) is 4.98 Å². The smallest absolute Gasteiger partial charge is 0.282 e. The van der Waals surface area contributed by atoms with Crippen LogP contribution < -0.4 is 10.9 Å². The molecule has 1 amide bonds. The van der Waals surface area contributed by atoms with Crippen molar-refractivity contribution in [2.75, 3.05) is 5.32 Å². The van der Waals surface area contributed by atoms with Gasteiger partial charge in [-0.15, -0.1) is 11.3 Å². The Morgan fingerprint density at radius 2 is 2.05 bits per heavy atom. The van der Waals surface area contributed by atoms with E-state index in [-0.39, 0.29) is 17.2 Å². The summed E-state index contributed by atoms with van der Waals surface area (Å²) >= 11 is 1.43. The Bertz CT molecular complexity index is 897. The molecule has 3 rings (SSSR count). The summed E-state index contributed by atoms with van der Waals surface area (Å²) in [5.41, 5.74) is 1.93. The van der Waals surface area contributed by atoms with Gasteiger partial charge in [0.05, 0.1) is 5.69 Å². The van der Waals surface area contributed by atoms with Crippen LogP contribution in [0.4, 0.5) is 5.69 Å². The number of carbonyl (C=O) groups is 1. The van der Waals surface area contributed by atoms with Crippen LogP contribution in [-0.2, 0) is 6.42 Å². The lowest BCUT2D eigenvalue weighted by molar-refractivity contribution is 0.102. The van der Waals surface area contributed by atoms with Gasteiger partial charge in [-0.05, 0) is 25.5 Å². The van der Waals surface area contributed by atoms with Crippen LogP contribution in [0.15, 0.2) is 40.5 Å². The van der Waals surface area contributed by atoms with Crippen LogP contribution in [0.2, 0.25) is 0 Å². The highest BCUT2D eigenvalue weighted by atomic mass is 32.1. The minimum absolute atomic E-state index is 0.232. The Kier molecular flexibility index (Phi) is 3.77. The molecule has 2 aromatic heterocycles. The maximum absolute atomic E-state index is 12.7. The number of nitrogens with zero attached hydrogens (tertiary/aromatic N) is 2. The van der Waals surface area contributed by atoms with Crippen molar-refractivity contribution in [2.24, 2.45) is 0 Å². The lowest BCUT2D eigenvalue weighted by atomic mass is 10.2. The van der Waals surface area contributed by atoms with Crippen LogP contribution in [0.5, 0.6) is 0 Å². The summed E-state index contributed by atoms with van der Waals surface area (Å²) < 4.78 is 1.57. The Balaban J connectivity index is 2.07. The zero-order chi connectivity index (χ0) is 15.7. The number of hydrogen-bond donors (Lipinski definition) is 1. The van der Waals surface area contributed by atoms with E-state index in [9.17, 15) is 9.59 Å². The first-order valence-electron chi connectivity index (χ1n) is 6.98. The minimum Gasteiger partial charge on any atom is -0.316 e. The third kappa shape index (κ3) is 2.42. The number of rotatable bonds is 3. The van der Waals surface area contributed by atoms with Crippen molar-refractivity contribution in [3.8, 4) is 0 Å². The van der Waals surface area contributed by atoms with Gasteiger partial charge >= 0.3 is 0 Å². The lowest BCUT2D eigenvalue weighted by Crippen LogP contribution is -2.25. The molecule has 0 aliphatic rings. The van der Waals surface area contributed by atoms with Gasteiger partial charge in [0, 0.05) is 16.6 Å². The summed E-state index contributed by atoms with van der Waals surface area (Å²) in [5, 5.41) is 4.62. The van der Waals surface area contributed by atoms with Gasteiger partial charge in [0.15, 0.2) is 4.96 Å². The van der Waals surface area contributed by atoms with Crippen LogP contribution >= 0.6 is 11.3 Å². The lowest BCUT2D eigenvalue weighted by Gasteiger charge is -2.08. The topological polar surface area (TPSA) is 63.5 Å². The van der Waals surface area contributed by atoms with E-state index in [2.05, 4.69) is 10.3 Å². The van der Waals surface area contributed by atoms with Crippen molar-refractivity contribution in [1.29, 1.82) is 0 Å². The van der Waals surface area contributed by atoms with E-state index in [4.69, 9.17) is 0 Å². The Hall–Kier alpha value is -2.47. The summed E-state index contributed by atoms with van der Waals surface area (Å²) in [6.45, 7) is 3.71. The highest BCUT2D eigenvalue weighted by molar-refractivity contribution is 7.15. The van der Waals surface area contributed by atoms with Crippen molar-refractivity contribution < 1.29 is 4.79 Å². The molecule has 0 saturated heterocycles. The molecular formula is C16H15N3O2S. The van der Waals surface area contributed by atoms with Crippen LogP contribution in [0.25, 0.3) is 4.96 Å². The minimum atomic E-state index is -0.309. The van der Waals surface area contributed by atoms with E-state index in [0.717, 1.165) is 12.1 Å². The molecule has 0 radical (unpaired) electrons. The fourth-order valence-electron chi connectivity index (χ4n) is 2.27. The van der Waals surface area contributed by atoms with Crippen molar-refractivity contribution in [1.82, 2.24) is 9.38 Å². The first-order chi connectivity index (χ1) is 10.6. The molecule has 0 saturated carbocycles. The van der Waals surface area contributed by atoms with E-state index in [1.165, 1.54) is 11.3 Å². The van der Waals surface area contributed by atoms with Crippen molar-refractivity contribution in [2.45, 2.75) is 20.3 Å². The zero-order valence-corrected chi connectivity index (χ0v) is 13.1. The number of aryl methyl sites for hydroxylation is 2. The molecule has 0 bridgehead atoms. The van der Waals surface area contributed by atoms with Gasteiger partial charge in [-0.3, -0.25) is 14.0 Å². The van der Waals surface area contributed by atoms with Crippen molar-refractivity contribution in [3.05, 3.63) is 63.0 Å². The Morgan fingerprint density at radius 3 is 2.73 bits per heavy atom. The molecule has 6 heteroatoms. The number of aromatic nitrogens is 2. The summed E-state index contributed by atoms with van der Waals surface area (Å²) in [5.74, 6) is -0.309. The van der Waals surface area contributed by atoms with E-state index in [1.807, 2.05) is 18.4 Å². The quantitative estimate of drug-likeness (QED) is 0.808. The molecule has 0 fully saturated rings. The SMILES string of the molecule is CCc1csc2nc(C)c(NC(=O)c3ccccc3)c(=O)n12. The van der Waals surface area contributed by atoms with Gasteiger partial charge in [-0.2, -0.15) is 0 Å². The predicted molar refractivity (Wildman–Crippen MR) is 87.8 cm³/mol. The largest absolute Gasteiger partial charge is 0.316 e. The number of hydrogen-bond acceptors (Lipinski definition) is 4. The average molecular weight is 313 g/mol. The van der Waals surface area contributed by atoms with Crippen LogP contribution in [0.3, 0.4) is 0 Å². The number of fused-ring (bicyclic) bond motifs is 1. The number of thiazole rings is 1. The fourth-order valence-corrected chi connectivity index (χ4v) is 3.28. The van der Waals surface area contributed by atoms with E-state index in [0.29, 0.717) is 16.2 Å². The molecule has 0 spiro atoms. The normalized spacial score (nSPS) is 10.8. The second-order valence-corrected chi connectivity index (χ2v) is 5.73. The number of benzene rings is 1.